The highest BCUT2D eigenvalue weighted by Crippen LogP contribution is 2.08. The van der Waals surface area contributed by atoms with Crippen molar-refractivity contribution in [2.24, 2.45) is 5.73 Å². The van der Waals surface area contributed by atoms with Crippen molar-refractivity contribution in [3.8, 4) is 0 Å². The Kier molecular flexibility index (Phi) is 8.42. The number of hydrogen-bond donors (Lipinski definition) is 3. The molecule has 0 unspecified atom stereocenters. The van der Waals surface area contributed by atoms with Crippen molar-refractivity contribution in [2.75, 3.05) is 0 Å². The fraction of sp³-hybridized carbons (Fsp3) is 0.471. The molecule has 2 amide bonds. The number of amides is 2. The van der Waals surface area contributed by atoms with Crippen LogP contribution in [-0.2, 0) is 20.8 Å². The smallest absolute Gasteiger partial charge is 0.326 e. The summed E-state index contributed by atoms with van der Waals surface area (Å²) in [4.78, 5) is 33.4. The van der Waals surface area contributed by atoms with Gasteiger partial charge in [-0.2, -0.15) is 0 Å². The van der Waals surface area contributed by atoms with Crippen LogP contribution in [-0.4, -0.2) is 28.9 Å². The number of aryl methyl sites for hydroxylation is 1. The fourth-order valence-corrected chi connectivity index (χ4v) is 2.25. The molecule has 0 aliphatic heterocycles. The molecule has 1 atom stereocenters. The quantitative estimate of drug-likeness (QED) is 0.538. The van der Waals surface area contributed by atoms with Gasteiger partial charge in [0.05, 0.1) is 0 Å². The van der Waals surface area contributed by atoms with Gasteiger partial charge >= 0.3 is 5.97 Å². The molecular formula is C17H24N2O4. The van der Waals surface area contributed by atoms with Gasteiger partial charge in [0, 0.05) is 12.8 Å². The first-order valence-electron chi connectivity index (χ1n) is 7.83. The van der Waals surface area contributed by atoms with Crippen molar-refractivity contribution in [3.63, 3.8) is 0 Å². The molecule has 0 bridgehead atoms. The molecule has 0 spiro atoms. The molecule has 1 aromatic carbocycles. The van der Waals surface area contributed by atoms with Crippen molar-refractivity contribution in [2.45, 2.75) is 51.0 Å². The van der Waals surface area contributed by atoms with Crippen molar-refractivity contribution in [1.82, 2.24) is 5.32 Å². The number of carbonyl (C=O) groups is 3. The summed E-state index contributed by atoms with van der Waals surface area (Å²) in [5.74, 6) is -2.03. The lowest BCUT2D eigenvalue weighted by molar-refractivity contribution is -0.142. The molecule has 0 heterocycles. The monoisotopic (exact) mass is 320 g/mol. The highest BCUT2D eigenvalue weighted by molar-refractivity contribution is 5.84. The van der Waals surface area contributed by atoms with E-state index in [1.54, 1.807) is 0 Å². The first kappa shape index (κ1) is 18.7. The van der Waals surface area contributed by atoms with Crippen LogP contribution in [0.1, 0.15) is 44.1 Å². The average molecular weight is 320 g/mol. The van der Waals surface area contributed by atoms with Crippen LogP contribution in [0.25, 0.3) is 0 Å². The highest BCUT2D eigenvalue weighted by Gasteiger charge is 2.20. The molecule has 126 valence electrons. The first-order chi connectivity index (χ1) is 11.0. The van der Waals surface area contributed by atoms with E-state index in [1.807, 2.05) is 18.2 Å². The van der Waals surface area contributed by atoms with E-state index in [1.165, 1.54) is 5.56 Å². The lowest BCUT2D eigenvalue weighted by atomic mass is 10.1. The van der Waals surface area contributed by atoms with Crippen LogP contribution < -0.4 is 11.1 Å². The topological polar surface area (TPSA) is 109 Å². The van der Waals surface area contributed by atoms with Crippen LogP contribution in [0.15, 0.2) is 30.3 Å². The predicted octanol–water partition coefficient (Wildman–Crippen LogP) is 1.62. The van der Waals surface area contributed by atoms with Crippen LogP contribution in [0.3, 0.4) is 0 Å². The number of carboxylic acid groups (broad SMARTS) is 1. The van der Waals surface area contributed by atoms with Gasteiger partial charge in [0.15, 0.2) is 0 Å². The molecule has 0 radical (unpaired) electrons. The predicted molar refractivity (Wildman–Crippen MR) is 86.6 cm³/mol. The summed E-state index contributed by atoms with van der Waals surface area (Å²) in [6, 6.07) is 9.07. The number of rotatable bonds is 11. The Morgan fingerprint density at radius 1 is 1.04 bits per heavy atom. The molecule has 0 saturated heterocycles. The lowest BCUT2D eigenvalue weighted by Gasteiger charge is -2.13. The molecule has 0 aliphatic rings. The van der Waals surface area contributed by atoms with Crippen LogP contribution in [0.2, 0.25) is 0 Å². The number of primary amides is 1. The van der Waals surface area contributed by atoms with Crippen LogP contribution in [0, 0.1) is 0 Å². The summed E-state index contributed by atoms with van der Waals surface area (Å²) in [7, 11) is 0. The number of carboxylic acids is 1. The minimum atomic E-state index is -1.15. The zero-order valence-corrected chi connectivity index (χ0v) is 13.2. The second-order valence-corrected chi connectivity index (χ2v) is 5.51. The third-order valence-corrected chi connectivity index (χ3v) is 3.52. The van der Waals surface area contributed by atoms with Crippen molar-refractivity contribution >= 4 is 17.8 Å². The Bertz CT molecular complexity index is 517. The molecule has 1 rings (SSSR count). The molecule has 0 fully saturated rings. The van der Waals surface area contributed by atoms with Crippen LogP contribution in [0.5, 0.6) is 0 Å². The minimum absolute atomic E-state index is 0.0183. The van der Waals surface area contributed by atoms with Crippen LogP contribution in [0.4, 0.5) is 0 Å². The second kappa shape index (κ2) is 10.4. The number of nitrogens with two attached hydrogens (primary N) is 1. The van der Waals surface area contributed by atoms with E-state index in [0.717, 1.165) is 19.3 Å². The zero-order valence-electron chi connectivity index (χ0n) is 13.2. The van der Waals surface area contributed by atoms with Crippen LogP contribution >= 0.6 is 0 Å². The fourth-order valence-electron chi connectivity index (χ4n) is 2.25. The molecule has 4 N–H and O–H groups in total. The van der Waals surface area contributed by atoms with Gasteiger partial charge in [0.25, 0.3) is 0 Å². The van der Waals surface area contributed by atoms with E-state index in [0.29, 0.717) is 6.42 Å². The number of unbranched alkanes of at least 4 members (excludes halogenated alkanes) is 2. The Balaban J connectivity index is 2.19. The van der Waals surface area contributed by atoms with Gasteiger partial charge in [-0.05, 0) is 31.2 Å². The molecule has 0 aromatic heterocycles. The van der Waals surface area contributed by atoms with Gasteiger partial charge in [-0.25, -0.2) is 4.79 Å². The van der Waals surface area contributed by atoms with Gasteiger partial charge in [0.2, 0.25) is 11.8 Å². The number of carbonyl (C=O) groups excluding carboxylic acids is 2. The maximum atomic E-state index is 11.7. The van der Waals surface area contributed by atoms with Gasteiger partial charge in [0.1, 0.15) is 6.04 Å². The summed E-state index contributed by atoms with van der Waals surface area (Å²) < 4.78 is 0. The number of hydrogen-bond acceptors (Lipinski definition) is 3. The molecular weight excluding hydrogens is 296 g/mol. The van der Waals surface area contributed by atoms with E-state index >= 15 is 0 Å². The van der Waals surface area contributed by atoms with Crippen molar-refractivity contribution < 1.29 is 19.5 Å². The Morgan fingerprint density at radius 3 is 2.35 bits per heavy atom. The Morgan fingerprint density at radius 2 is 1.74 bits per heavy atom. The van der Waals surface area contributed by atoms with Crippen molar-refractivity contribution in [1.29, 1.82) is 0 Å². The van der Waals surface area contributed by atoms with E-state index in [9.17, 15) is 14.4 Å². The van der Waals surface area contributed by atoms with Gasteiger partial charge in [-0.3, -0.25) is 9.59 Å². The summed E-state index contributed by atoms with van der Waals surface area (Å²) in [6.07, 6.45) is 3.82. The summed E-state index contributed by atoms with van der Waals surface area (Å²) in [5, 5.41) is 11.4. The van der Waals surface area contributed by atoms with E-state index in [4.69, 9.17) is 10.8 Å². The lowest BCUT2D eigenvalue weighted by Crippen LogP contribution is -2.41. The molecule has 0 aliphatic carbocycles. The molecule has 6 heteroatoms. The Hall–Kier alpha value is -2.37. The molecule has 1 aromatic rings. The average Bonchev–Trinajstić information content (AvgIpc) is 2.51. The minimum Gasteiger partial charge on any atom is -0.480 e. The third kappa shape index (κ3) is 8.60. The van der Waals surface area contributed by atoms with E-state index in [2.05, 4.69) is 17.4 Å². The summed E-state index contributed by atoms with van der Waals surface area (Å²) >= 11 is 0. The number of benzene rings is 1. The SMILES string of the molecule is NC(=O)CC[C@H](NC(=O)CCCCCc1ccccc1)C(=O)O. The van der Waals surface area contributed by atoms with E-state index in [-0.39, 0.29) is 25.2 Å². The maximum absolute atomic E-state index is 11.7. The van der Waals surface area contributed by atoms with Crippen molar-refractivity contribution in [3.05, 3.63) is 35.9 Å². The van der Waals surface area contributed by atoms with E-state index < -0.39 is 17.9 Å². The second-order valence-electron chi connectivity index (χ2n) is 5.51. The molecule has 6 nitrogen and oxygen atoms in total. The first-order valence-corrected chi connectivity index (χ1v) is 7.83. The van der Waals surface area contributed by atoms with Gasteiger partial charge < -0.3 is 16.2 Å². The largest absolute Gasteiger partial charge is 0.480 e. The third-order valence-electron chi connectivity index (χ3n) is 3.52. The number of nitrogens with one attached hydrogen (secondary N) is 1. The van der Waals surface area contributed by atoms with Gasteiger partial charge in [-0.1, -0.05) is 36.8 Å². The normalized spacial score (nSPS) is 11.7. The van der Waals surface area contributed by atoms with Gasteiger partial charge in [-0.15, -0.1) is 0 Å². The standard InChI is InChI=1S/C17H24N2O4/c18-15(20)12-11-14(17(22)23)19-16(21)10-6-2-5-9-13-7-3-1-4-8-13/h1,3-4,7-8,14H,2,5-6,9-12H2,(H2,18,20)(H,19,21)(H,22,23)/t14-/m0/s1. The summed E-state index contributed by atoms with van der Waals surface area (Å²) in [5.41, 5.74) is 6.26. The zero-order chi connectivity index (χ0) is 17.1. The summed E-state index contributed by atoms with van der Waals surface area (Å²) in [6.45, 7) is 0. The maximum Gasteiger partial charge on any atom is 0.326 e. The highest BCUT2D eigenvalue weighted by atomic mass is 16.4. The number of aliphatic carboxylic acids is 1. The Labute approximate surface area is 136 Å². The molecule has 0 saturated carbocycles. The molecule has 23 heavy (non-hydrogen) atoms.